The second kappa shape index (κ2) is 14.7. The number of esters is 1. The fraction of sp³-hybridized carbons (Fsp3) is 0.767. The molecule has 0 spiro atoms. The molecule has 0 bridgehead atoms. The van der Waals surface area contributed by atoms with Gasteiger partial charge in [-0.25, -0.2) is 0 Å². The lowest BCUT2D eigenvalue weighted by Gasteiger charge is -2.28. The van der Waals surface area contributed by atoms with E-state index < -0.39 is 0 Å². The predicted octanol–water partition coefficient (Wildman–Crippen LogP) is 8.74. The molecule has 33 heavy (non-hydrogen) atoms. The van der Waals surface area contributed by atoms with E-state index in [-0.39, 0.29) is 11.9 Å². The summed E-state index contributed by atoms with van der Waals surface area (Å²) in [5.74, 6) is 4.22. The second-order valence-electron chi connectivity index (χ2n) is 10.8. The maximum Gasteiger partial charge on any atom is 0.314 e. The Balaban J connectivity index is 1.27. The van der Waals surface area contributed by atoms with Gasteiger partial charge in [-0.2, -0.15) is 0 Å². The normalized spacial score (nSPS) is 25.5. The van der Waals surface area contributed by atoms with Crippen LogP contribution in [0.25, 0.3) is 0 Å². The molecule has 3 rings (SSSR count). The van der Waals surface area contributed by atoms with Gasteiger partial charge in [-0.1, -0.05) is 78.1 Å². The number of carbonyl (C=O) groups is 1. The number of benzene rings is 1. The number of ether oxygens (including phenoxy) is 2. The molecule has 0 aromatic heterocycles. The van der Waals surface area contributed by atoms with Crippen molar-refractivity contribution in [3.63, 3.8) is 0 Å². The Labute approximate surface area is 203 Å². The summed E-state index contributed by atoms with van der Waals surface area (Å²) >= 11 is 0. The van der Waals surface area contributed by atoms with E-state index in [2.05, 4.69) is 13.8 Å². The summed E-state index contributed by atoms with van der Waals surface area (Å²) in [5.41, 5.74) is 0. The summed E-state index contributed by atoms with van der Waals surface area (Å²) in [6.07, 6.45) is 20.6. The largest absolute Gasteiger partial charge is 0.494 e. The first-order valence-corrected chi connectivity index (χ1v) is 14.1. The molecular formula is C30H48O3. The Morgan fingerprint density at radius 3 is 1.85 bits per heavy atom. The molecule has 2 saturated carbocycles. The number of hydrogen-bond donors (Lipinski definition) is 0. The van der Waals surface area contributed by atoms with Gasteiger partial charge in [0, 0.05) is 0 Å². The first-order valence-electron chi connectivity index (χ1n) is 14.1. The van der Waals surface area contributed by atoms with Crippen LogP contribution in [0.3, 0.4) is 0 Å². The molecule has 1 aromatic rings. The van der Waals surface area contributed by atoms with E-state index in [1.54, 1.807) is 0 Å². The van der Waals surface area contributed by atoms with E-state index >= 15 is 0 Å². The highest BCUT2D eigenvalue weighted by Gasteiger charge is 2.27. The maximum absolute atomic E-state index is 12.5. The highest BCUT2D eigenvalue weighted by molar-refractivity contribution is 5.75. The van der Waals surface area contributed by atoms with Crippen molar-refractivity contribution in [1.82, 2.24) is 0 Å². The summed E-state index contributed by atoms with van der Waals surface area (Å²) in [5, 5.41) is 0. The van der Waals surface area contributed by atoms with Crippen molar-refractivity contribution in [1.29, 1.82) is 0 Å². The molecule has 0 radical (unpaired) electrons. The van der Waals surface area contributed by atoms with Crippen molar-refractivity contribution in [2.75, 3.05) is 6.61 Å². The maximum atomic E-state index is 12.5. The fourth-order valence-electron chi connectivity index (χ4n) is 5.95. The summed E-state index contributed by atoms with van der Waals surface area (Å²) in [6.45, 7) is 5.31. The van der Waals surface area contributed by atoms with Gasteiger partial charge < -0.3 is 9.47 Å². The van der Waals surface area contributed by atoms with Crippen LogP contribution in [0.1, 0.15) is 117 Å². The Kier molecular flexibility index (Phi) is 11.6. The van der Waals surface area contributed by atoms with E-state index in [0.717, 1.165) is 49.4 Å². The van der Waals surface area contributed by atoms with Crippen molar-refractivity contribution in [3.8, 4) is 11.5 Å². The number of rotatable bonds is 13. The molecule has 2 aliphatic rings. The van der Waals surface area contributed by atoms with Crippen LogP contribution in [0.15, 0.2) is 24.3 Å². The van der Waals surface area contributed by atoms with E-state index in [4.69, 9.17) is 9.47 Å². The Bertz CT molecular complexity index is 652. The summed E-state index contributed by atoms with van der Waals surface area (Å²) in [7, 11) is 0. The molecule has 0 atom stereocenters. The van der Waals surface area contributed by atoms with Crippen molar-refractivity contribution in [3.05, 3.63) is 24.3 Å². The minimum absolute atomic E-state index is 0.0568. The third-order valence-electron chi connectivity index (χ3n) is 8.13. The van der Waals surface area contributed by atoms with Gasteiger partial charge in [-0.3, -0.25) is 4.79 Å². The van der Waals surface area contributed by atoms with Gasteiger partial charge in [-0.15, -0.1) is 0 Å². The van der Waals surface area contributed by atoms with Crippen molar-refractivity contribution in [2.24, 2.45) is 23.7 Å². The third-order valence-corrected chi connectivity index (χ3v) is 8.13. The lowest BCUT2D eigenvalue weighted by molar-refractivity contribution is -0.140. The van der Waals surface area contributed by atoms with Gasteiger partial charge in [-0.05, 0) is 80.5 Å². The summed E-state index contributed by atoms with van der Waals surface area (Å²) < 4.78 is 11.6. The van der Waals surface area contributed by atoms with Crippen LogP contribution in [0.5, 0.6) is 11.5 Å². The molecular weight excluding hydrogens is 408 g/mol. The first kappa shape index (κ1) is 26.1. The van der Waals surface area contributed by atoms with Crippen LogP contribution >= 0.6 is 0 Å². The molecule has 2 fully saturated rings. The van der Waals surface area contributed by atoms with Crippen molar-refractivity contribution < 1.29 is 14.3 Å². The molecule has 3 heteroatoms. The molecule has 1 aromatic carbocycles. The Morgan fingerprint density at radius 1 is 0.697 bits per heavy atom. The van der Waals surface area contributed by atoms with Crippen LogP contribution in [-0.2, 0) is 4.79 Å². The van der Waals surface area contributed by atoms with Crippen LogP contribution in [0.4, 0.5) is 0 Å². The van der Waals surface area contributed by atoms with Crippen LogP contribution < -0.4 is 9.47 Å². The minimum Gasteiger partial charge on any atom is -0.494 e. The van der Waals surface area contributed by atoms with Crippen LogP contribution in [0, 0.1) is 23.7 Å². The first-order chi connectivity index (χ1) is 16.2. The Hall–Kier alpha value is -1.51. The zero-order valence-electron chi connectivity index (χ0n) is 21.4. The standard InChI is InChI=1S/C30H48O3/c1-3-5-6-9-25-11-13-26(14-12-25)10-7-23-32-28-19-21-29(22-20-28)33-30(31)27-17-15-24(8-4-2)16-18-27/h19-22,24-27H,3-18,23H2,1-2H3. The number of unbranched alkanes of at least 4 members (excludes halogenated alkanes) is 2. The smallest absolute Gasteiger partial charge is 0.314 e. The van der Waals surface area contributed by atoms with Gasteiger partial charge in [0.2, 0.25) is 0 Å². The van der Waals surface area contributed by atoms with Gasteiger partial charge >= 0.3 is 5.97 Å². The van der Waals surface area contributed by atoms with Gasteiger partial charge in [0.05, 0.1) is 12.5 Å². The predicted molar refractivity (Wildman–Crippen MR) is 137 cm³/mol. The van der Waals surface area contributed by atoms with E-state index in [9.17, 15) is 4.79 Å². The zero-order chi connectivity index (χ0) is 23.3. The fourth-order valence-corrected chi connectivity index (χ4v) is 5.95. The average molecular weight is 457 g/mol. The van der Waals surface area contributed by atoms with Gasteiger partial charge in [0.1, 0.15) is 11.5 Å². The summed E-state index contributed by atoms with van der Waals surface area (Å²) in [6, 6.07) is 7.61. The van der Waals surface area contributed by atoms with Crippen LogP contribution in [0.2, 0.25) is 0 Å². The van der Waals surface area contributed by atoms with E-state index in [0.29, 0.717) is 5.75 Å². The molecule has 0 heterocycles. The van der Waals surface area contributed by atoms with Crippen LogP contribution in [-0.4, -0.2) is 12.6 Å². The van der Waals surface area contributed by atoms with Gasteiger partial charge in [0.25, 0.3) is 0 Å². The molecule has 186 valence electrons. The third kappa shape index (κ3) is 9.33. The highest BCUT2D eigenvalue weighted by Crippen LogP contribution is 2.35. The Morgan fingerprint density at radius 2 is 1.24 bits per heavy atom. The average Bonchev–Trinajstić information content (AvgIpc) is 2.84. The summed E-state index contributed by atoms with van der Waals surface area (Å²) in [4.78, 5) is 12.5. The van der Waals surface area contributed by atoms with E-state index in [1.165, 1.54) is 83.5 Å². The minimum atomic E-state index is -0.0568. The molecule has 0 saturated heterocycles. The van der Waals surface area contributed by atoms with Gasteiger partial charge in [0.15, 0.2) is 0 Å². The quantitative estimate of drug-likeness (QED) is 0.169. The zero-order valence-corrected chi connectivity index (χ0v) is 21.4. The van der Waals surface area contributed by atoms with Crippen molar-refractivity contribution in [2.45, 2.75) is 117 Å². The topological polar surface area (TPSA) is 35.5 Å². The van der Waals surface area contributed by atoms with E-state index in [1.807, 2.05) is 24.3 Å². The van der Waals surface area contributed by atoms with Crippen molar-refractivity contribution >= 4 is 5.97 Å². The monoisotopic (exact) mass is 456 g/mol. The number of carbonyl (C=O) groups excluding carboxylic acids is 1. The highest BCUT2D eigenvalue weighted by atomic mass is 16.5. The molecule has 0 N–H and O–H groups in total. The molecule has 3 nitrogen and oxygen atoms in total. The molecule has 2 aliphatic carbocycles. The second-order valence-corrected chi connectivity index (χ2v) is 10.8. The number of hydrogen-bond acceptors (Lipinski definition) is 3. The SMILES string of the molecule is CCCCCC1CCC(CCCOc2ccc(OC(=O)C3CCC(CCC)CC3)cc2)CC1. The molecule has 0 amide bonds. The molecule has 0 aliphatic heterocycles. The lowest BCUT2D eigenvalue weighted by atomic mass is 9.78. The molecule has 0 unspecified atom stereocenters. The lowest BCUT2D eigenvalue weighted by Crippen LogP contribution is -2.25.